The standard InChI is InChI=1S/C16H16N2/c1-13-7-5-6-10-15(13)18-16(11-12-17)14-8-3-2-4-9-14/h2-10,16,18H,11H2,1H3. The van der Waals surface area contributed by atoms with Crippen LogP contribution in [0.5, 0.6) is 0 Å². The van der Waals surface area contributed by atoms with E-state index in [1.807, 2.05) is 48.5 Å². The van der Waals surface area contributed by atoms with Crippen LogP contribution in [0.15, 0.2) is 54.6 Å². The van der Waals surface area contributed by atoms with Crippen LogP contribution in [-0.4, -0.2) is 0 Å². The maximum absolute atomic E-state index is 8.96. The molecule has 0 bridgehead atoms. The zero-order valence-electron chi connectivity index (χ0n) is 10.4. The number of benzene rings is 2. The van der Waals surface area contributed by atoms with E-state index >= 15 is 0 Å². The van der Waals surface area contributed by atoms with Crippen molar-refractivity contribution in [1.29, 1.82) is 5.26 Å². The minimum Gasteiger partial charge on any atom is -0.377 e. The summed E-state index contributed by atoms with van der Waals surface area (Å²) in [5.41, 5.74) is 3.42. The molecule has 18 heavy (non-hydrogen) atoms. The van der Waals surface area contributed by atoms with Crippen molar-refractivity contribution in [2.75, 3.05) is 5.32 Å². The summed E-state index contributed by atoms with van der Waals surface area (Å²) < 4.78 is 0. The first-order valence-corrected chi connectivity index (χ1v) is 6.05. The lowest BCUT2D eigenvalue weighted by atomic mass is 10.0. The minimum atomic E-state index is 0.0392. The molecule has 0 saturated carbocycles. The SMILES string of the molecule is Cc1ccccc1NC(CC#N)c1ccccc1. The second-order valence-corrected chi connectivity index (χ2v) is 4.28. The Balaban J connectivity index is 2.23. The molecule has 0 aromatic heterocycles. The molecule has 0 heterocycles. The van der Waals surface area contributed by atoms with Gasteiger partial charge in [-0.25, -0.2) is 0 Å². The molecule has 0 amide bonds. The zero-order chi connectivity index (χ0) is 12.8. The highest BCUT2D eigenvalue weighted by Crippen LogP contribution is 2.24. The number of nitrogens with one attached hydrogen (secondary N) is 1. The Morgan fingerprint density at radius 2 is 1.72 bits per heavy atom. The van der Waals surface area contributed by atoms with Gasteiger partial charge in [0.25, 0.3) is 0 Å². The second kappa shape index (κ2) is 5.88. The molecule has 0 aliphatic heterocycles. The van der Waals surface area contributed by atoms with Crippen LogP contribution in [-0.2, 0) is 0 Å². The first-order valence-electron chi connectivity index (χ1n) is 6.05. The van der Waals surface area contributed by atoms with Gasteiger partial charge in [0.05, 0.1) is 18.5 Å². The summed E-state index contributed by atoms with van der Waals surface area (Å²) in [6.07, 6.45) is 0.457. The molecule has 0 saturated heterocycles. The van der Waals surface area contributed by atoms with Crippen LogP contribution in [0.1, 0.15) is 23.6 Å². The van der Waals surface area contributed by atoms with Gasteiger partial charge < -0.3 is 5.32 Å². The first kappa shape index (κ1) is 12.2. The van der Waals surface area contributed by atoms with Crippen LogP contribution in [0.25, 0.3) is 0 Å². The minimum absolute atomic E-state index is 0.0392. The molecule has 1 unspecified atom stereocenters. The predicted octanol–water partition coefficient (Wildman–Crippen LogP) is 4.06. The molecule has 1 atom stereocenters. The molecule has 0 aliphatic carbocycles. The normalized spacial score (nSPS) is 11.6. The van der Waals surface area contributed by atoms with Crippen molar-refractivity contribution in [3.05, 3.63) is 65.7 Å². The number of rotatable bonds is 4. The van der Waals surface area contributed by atoms with Crippen LogP contribution >= 0.6 is 0 Å². The highest BCUT2D eigenvalue weighted by molar-refractivity contribution is 5.52. The number of nitrogens with zero attached hydrogens (tertiary/aromatic N) is 1. The van der Waals surface area contributed by atoms with Gasteiger partial charge in [0, 0.05) is 5.69 Å². The molecule has 1 N–H and O–H groups in total. The smallest absolute Gasteiger partial charge is 0.0647 e. The topological polar surface area (TPSA) is 35.8 Å². The number of hydrogen-bond donors (Lipinski definition) is 1. The van der Waals surface area contributed by atoms with Crippen LogP contribution in [0.4, 0.5) is 5.69 Å². The summed E-state index contributed by atoms with van der Waals surface area (Å²) in [6.45, 7) is 2.07. The fraction of sp³-hybridized carbons (Fsp3) is 0.188. The number of para-hydroxylation sites is 1. The van der Waals surface area contributed by atoms with Gasteiger partial charge in [-0.2, -0.15) is 5.26 Å². The lowest BCUT2D eigenvalue weighted by Crippen LogP contribution is -2.10. The third kappa shape index (κ3) is 2.89. The Morgan fingerprint density at radius 3 is 2.39 bits per heavy atom. The van der Waals surface area contributed by atoms with E-state index in [1.54, 1.807) is 0 Å². The van der Waals surface area contributed by atoms with E-state index < -0.39 is 0 Å². The van der Waals surface area contributed by atoms with Crippen molar-refractivity contribution in [1.82, 2.24) is 0 Å². The van der Waals surface area contributed by atoms with Gasteiger partial charge >= 0.3 is 0 Å². The van der Waals surface area contributed by atoms with E-state index in [0.717, 1.165) is 11.3 Å². The van der Waals surface area contributed by atoms with Crippen molar-refractivity contribution in [2.45, 2.75) is 19.4 Å². The molecule has 90 valence electrons. The first-order chi connectivity index (χ1) is 8.81. The quantitative estimate of drug-likeness (QED) is 0.868. The summed E-state index contributed by atoms with van der Waals surface area (Å²) in [6, 6.07) is 20.5. The van der Waals surface area contributed by atoms with Crippen molar-refractivity contribution in [3.63, 3.8) is 0 Å². The Kier molecular flexibility index (Phi) is 3.98. The second-order valence-electron chi connectivity index (χ2n) is 4.28. The van der Waals surface area contributed by atoms with E-state index in [4.69, 9.17) is 5.26 Å². The Bertz CT molecular complexity index is 541. The summed E-state index contributed by atoms with van der Waals surface area (Å²) in [7, 11) is 0. The van der Waals surface area contributed by atoms with Gasteiger partial charge in [-0.3, -0.25) is 0 Å². The number of anilines is 1. The zero-order valence-corrected chi connectivity index (χ0v) is 10.4. The lowest BCUT2D eigenvalue weighted by Gasteiger charge is -2.19. The van der Waals surface area contributed by atoms with Gasteiger partial charge in [0.2, 0.25) is 0 Å². The van der Waals surface area contributed by atoms with Crippen molar-refractivity contribution in [3.8, 4) is 6.07 Å². The van der Waals surface area contributed by atoms with Crippen molar-refractivity contribution >= 4 is 5.69 Å². The monoisotopic (exact) mass is 236 g/mol. The van der Waals surface area contributed by atoms with Crippen LogP contribution < -0.4 is 5.32 Å². The lowest BCUT2D eigenvalue weighted by molar-refractivity contribution is 0.805. The predicted molar refractivity (Wildman–Crippen MR) is 74.2 cm³/mol. The molecular weight excluding hydrogens is 220 g/mol. The van der Waals surface area contributed by atoms with Gasteiger partial charge in [0.1, 0.15) is 0 Å². The van der Waals surface area contributed by atoms with E-state index in [1.165, 1.54) is 5.56 Å². The molecule has 2 nitrogen and oxygen atoms in total. The molecule has 0 spiro atoms. The third-order valence-electron chi connectivity index (χ3n) is 2.97. The molecular formula is C16H16N2. The Hall–Kier alpha value is -2.27. The van der Waals surface area contributed by atoms with Crippen molar-refractivity contribution < 1.29 is 0 Å². The average molecular weight is 236 g/mol. The van der Waals surface area contributed by atoms with Gasteiger partial charge in [-0.15, -0.1) is 0 Å². The van der Waals surface area contributed by atoms with E-state index in [9.17, 15) is 0 Å². The number of hydrogen-bond acceptors (Lipinski definition) is 2. The molecule has 2 heteroatoms. The molecule has 2 aromatic carbocycles. The summed E-state index contributed by atoms with van der Waals surface area (Å²) in [4.78, 5) is 0. The van der Waals surface area contributed by atoms with Gasteiger partial charge in [-0.1, -0.05) is 48.5 Å². The van der Waals surface area contributed by atoms with Gasteiger partial charge in [-0.05, 0) is 24.1 Å². The Morgan fingerprint density at radius 1 is 1.06 bits per heavy atom. The highest BCUT2D eigenvalue weighted by atomic mass is 14.9. The van der Waals surface area contributed by atoms with Crippen LogP contribution in [0.3, 0.4) is 0 Å². The maximum Gasteiger partial charge on any atom is 0.0647 e. The van der Waals surface area contributed by atoms with E-state index in [-0.39, 0.29) is 6.04 Å². The Labute approximate surface area is 108 Å². The largest absolute Gasteiger partial charge is 0.377 e. The highest BCUT2D eigenvalue weighted by Gasteiger charge is 2.11. The fourth-order valence-electron chi connectivity index (χ4n) is 1.95. The summed E-state index contributed by atoms with van der Waals surface area (Å²) >= 11 is 0. The molecule has 0 radical (unpaired) electrons. The summed E-state index contributed by atoms with van der Waals surface area (Å²) in [5, 5.41) is 12.4. The number of aryl methyl sites for hydroxylation is 1. The van der Waals surface area contributed by atoms with E-state index in [0.29, 0.717) is 6.42 Å². The fourth-order valence-corrected chi connectivity index (χ4v) is 1.95. The van der Waals surface area contributed by atoms with Crippen LogP contribution in [0, 0.1) is 18.3 Å². The van der Waals surface area contributed by atoms with Crippen molar-refractivity contribution in [2.24, 2.45) is 0 Å². The average Bonchev–Trinajstić information content (AvgIpc) is 2.42. The van der Waals surface area contributed by atoms with Crippen LogP contribution in [0.2, 0.25) is 0 Å². The molecule has 0 aliphatic rings. The molecule has 2 rings (SSSR count). The van der Waals surface area contributed by atoms with E-state index in [2.05, 4.69) is 24.4 Å². The maximum atomic E-state index is 8.96. The molecule has 0 fully saturated rings. The summed E-state index contributed by atoms with van der Waals surface area (Å²) in [5.74, 6) is 0. The van der Waals surface area contributed by atoms with Gasteiger partial charge in [0.15, 0.2) is 0 Å². The molecule has 2 aromatic rings. The number of nitriles is 1. The third-order valence-corrected chi connectivity index (χ3v) is 2.97.